The van der Waals surface area contributed by atoms with E-state index in [9.17, 15) is 0 Å². The summed E-state index contributed by atoms with van der Waals surface area (Å²) in [6.45, 7) is 4.29. The van der Waals surface area contributed by atoms with Crippen LogP contribution < -0.4 is 4.74 Å². The SMILES string of the molecule is [2H]C([2H])([2H])c1cc(-n2c3cc(Oc4cc(-n5[c](=[Pt])n(-c6c(-c7ccccc7)cccc6-c6ccccc6)c6ccccc65)cc(C(C)(C)C)c4)ccc3c3cc4c5cccc6c7ccccc7n(c4cc32)c65)ncc1-c1ccccc1. The van der Waals surface area contributed by atoms with E-state index >= 15 is 0 Å². The fourth-order valence-corrected chi connectivity index (χ4v) is 13.1. The maximum absolute atomic E-state index is 8.87. The Hall–Kier alpha value is -9.09. The van der Waals surface area contributed by atoms with E-state index in [1.807, 2.05) is 30.3 Å². The van der Waals surface area contributed by atoms with Gasteiger partial charge in [-0.2, -0.15) is 0 Å². The van der Waals surface area contributed by atoms with Crippen molar-refractivity contribution >= 4 is 70.9 Å². The van der Waals surface area contributed by atoms with Gasteiger partial charge in [-0.1, -0.05) is 66.7 Å². The first-order valence-electron chi connectivity index (χ1n) is 27.8. The summed E-state index contributed by atoms with van der Waals surface area (Å²) in [5, 5.41) is 6.75. The second-order valence-electron chi connectivity index (χ2n) is 21.3. The van der Waals surface area contributed by atoms with E-state index in [1.54, 1.807) is 12.3 Å². The smallest absolute Gasteiger partial charge is 0.0622 e. The number of nitrogens with zero attached hydrogens (tertiary/aromatic N) is 5. The van der Waals surface area contributed by atoms with Crippen LogP contribution in [0, 0.1) is 10.7 Å². The van der Waals surface area contributed by atoms with Crippen LogP contribution in [-0.4, -0.2) is 23.1 Å². The average molecular weight is 1190 g/mol. The Morgan fingerprint density at radius 1 is 0.436 bits per heavy atom. The second kappa shape index (κ2) is 17.7. The minimum atomic E-state index is -2.43. The number of pyridine rings is 1. The van der Waals surface area contributed by atoms with Crippen LogP contribution in [0.3, 0.4) is 0 Å². The predicted octanol–water partition coefficient (Wildman–Crippen LogP) is 18.5. The van der Waals surface area contributed by atoms with Gasteiger partial charge in [-0.05, 0) is 24.0 Å². The van der Waals surface area contributed by atoms with Crippen molar-refractivity contribution in [3.05, 3.63) is 252 Å². The molecule has 5 aromatic heterocycles. The van der Waals surface area contributed by atoms with Crippen molar-refractivity contribution < 1.29 is 28.2 Å². The molecule has 0 saturated heterocycles. The van der Waals surface area contributed by atoms with Crippen LogP contribution in [0.5, 0.6) is 11.5 Å². The van der Waals surface area contributed by atoms with Crippen molar-refractivity contribution in [3.8, 4) is 62.1 Å². The molecule has 0 spiro atoms. The van der Waals surface area contributed by atoms with Crippen molar-refractivity contribution in [1.29, 1.82) is 0 Å². The molecule has 78 heavy (non-hydrogen) atoms. The Balaban J connectivity index is 0.940. The number of fused-ring (bicyclic) bond motifs is 10. The van der Waals surface area contributed by atoms with Crippen LogP contribution in [0.1, 0.15) is 36.0 Å². The molecule has 376 valence electrons. The molecule has 6 nitrogen and oxygen atoms in total. The van der Waals surface area contributed by atoms with Gasteiger partial charge in [0.25, 0.3) is 0 Å². The van der Waals surface area contributed by atoms with Crippen molar-refractivity contribution in [2.45, 2.75) is 33.0 Å². The number of aromatic nitrogens is 5. The van der Waals surface area contributed by atoms with E-state index in [0.29, 0.717) is 22.9 Å². The van der Waals surface area contributed by atoms with E-state index in [4.69, 9.17) is 13.8 Å². The minimum absolute atomic E-state index is 0.229. The summed E-state index contributed by atoms with van der Waals surface area (Å²) in [5.41, 5.74) is 16.3. The third kappa shape index (κ3) is 7.20. The Morgan fingerprint density at radius 2 is 1.00 bits per heavy atom. The van der Waals surface area contributed by atoms with E-state index in [0.717, 1.165) is 97.8 Å². The van der Waals surface area contributed by atoms with E-state index in [-0.39, 0.29) is 11.0 Å². The summed E-state index contributed by atoms with van der Waals surface area (Å²) in [4.78, 5) is 5.14. The first kappa shape index (κ1) is 43.1. The molecule has 0 fully saturated rings. The summed E-state index contributed by atoms with van der Waals surface area (Å²) in [6, 6.07) is 80.5. The van der Waals surface area contributed by atoms with E-state index in [2.05, 4.69) is 252 Å². The third-order valence-electron chi connectivity index (χ3n) is 15.7. The number of rotatable bonds is 8. The first-order chi connectivity index (χ1) is 39.4. The standard InChI is InChI=1S/C71H51N5O.Pt/c1-45-36-68(72-43-61(45)48-24-12-7-13-25-48)75-65-40-51(34-35-56(65)59-41-60-58-30-19-29-57-55-26-14-15-31-62(55)76(70(57)58)67(60)42-66(59)75)77-52-38-49(71(2,3)4)37-50(39-52)73-44-74(64-33-17-16-32-63(64)73)69-53(46-20-8-5-9-21-46)27-18-28-54(69)47-22-10-6-11-23-47;/h5-43H,1-4H3;/i1D3;. The molecule has 0 bridgehead atoms. The molecule has 0 N–H and O–H groups in total. The minimum Gasteiger partial charge on any atom is -0.0622 e. The van der Waals surface area contributed by atoms with Gasteiger partial charge < -0.3 is 4.40 Å². The fraction of sp³-hybridized carbons (Fsp3) is 0.0704. The molecule has 7 heteroatoms. The molecular formula is C71H51N5OPt. The van der Waals surface area contributed by atoms with Gasteiger partial charge in [-0.15, -0.1) is 0 Å². The zero-order chi connectivity index (χ0) is 54.9. The Labute approximate surface area is 466 Å². The zero-order valence-electron chi connectivity index (χ0n) is 46.0. The molecule has 5 heterocycles. The Kier molecular flexibility index (Phi) is 9.79. The molecule has 15 aromatic rings. The molecule has 0 saturated carbocycles. The van der Waals surface area contributed by atoms with Gasteiger partial charge in [-0.3, -0.25) is 0 Å². The Morgan fingerprint density at radius 3 is 1.68 bits per heavy atom. The first-order valence-corrected chi connectivity index (χ1v) is 27.5. The van der Waals surface area contributed by atoms with Crippen LogP contribution >= 0.6 is 0 Å². The summed E-state index contributed by atoms with van der Waals surface area (Å²) in [5.74, 6) is 1.81. The van der Waals surface area contributed by atoms with Gasteiger partial charge in [0.15, 0.2) is 0 Å². The molecular weight excluding hydrogens is 1130 g/mol. The number of ether oxygens (including phenoxy) is 1. The Bertz CT molecular complexity index is 5010. The van der Waals surface area contributed by atoms with Crippen molar-refractivity contribution in [2.75, 3.05) is 0 Å². The van der Waals surface area contributed by atoms with Gasteiger partial charge in [0, 0.05) is 37.4 Å². The maximum atomic E-state index is 8.87. The molecule has 0 unspecified atom stereocenters. The van der Waals surface area contributed by atoms with E-state index < -0.39 is 6.85 Å². The van der Waals surface area contributed by atoms with Crippen LogP contribution in [0.4, 0.5) is 0 Å². The number of benzene rings is 10. The van der Waals surface area contributed by atoms with E-state index in [1.165, 1.54) is 21.7 Å². The topological polar surface area (TPSA) is 41.3 Å². The zero-order valence-corrected chi connectivity index (χ0v) is 45.2. The van der Waals surface area contributed by atoms with Crippen LogP contribution in [0.2, 0.25) is 0 Å². The number of para-hydroxylation sites is 5. The number of aryl methyl sites for hydroxylation is 1. The molecule has 0 aliphatic heterocycles. The van der Waals surface area contributed by atoms with Crippen LogP contribution in [-0.2, 0) is 24.8 Å². The van der Waals surface area contributed by atoms with Crippen molar-refractivity contribution in [2.24, 2.45) is 0 Å². The number of hydrogen-bond donors (Lipinski definition) is 0. The molecule has 0 atom stereocenters. The summed E-state index contributed by atoms with van der Waals surface area (Å²) >= 11 is 2.51. The number of imidazole rings is 1. The van der Waals surface area contributed by atoms with Crippen LogP contribution in [0.15, 0.2) is 237 Å². The number of hydrogen-bond acceptors (Lipinski definition) is 2. The molecule has 0 aliphatic carbocycles. The third-order valence-corrected chi connectivity index (χ3v) is 16.7. The summed E-state index contributed by atoms with van der Waals surface area (Å²) in [7, 11) is 0. The quantitative estimate of drug-likeness (QED) is 0.152. The normalized spacial score (nSPS) is 12.9. The van der Waals surface area contributed by atoms with Gasteiger partial charge >= 0.3 is 320 Å². The molecule has 0 aliphatic rings. The molecule has 0 radical (unpaired) electrons. The second-order valence-corrected chi connectivity index (χ2v) is 22.3. The fourth-order valence-electron chi connectivity index (χ4n) is 12.0. The summed E-state index contributed by atoms with van der Waals surface area (Å²) in [6.07, 6.45) is 1.72. The van der Waals surface area contributed by atoms with Gasteiger partial charge in [0.2, 0.25) is 0 Å². The molecule has 15 rings (SSSR count). The monoisotopic (exact) mass is 1190 g/mol. The molecule has 0 amide bonds. The average Bonchev–Trinajstić information content (AvgIpc) is 2.89. The van der Waals surface area contributed by atoms with Gasteiger partial charge in [0.1, 0.15) is 0 Å². The van der Waals surface area contributed by atoms with Gasteiger partial charge in [-0.25, -0.2) is 0 Å². The van der Waals surface area contributed by atoms with Crippen LogP contribution in [0.25, 0.3) is 122 Å². The predicted molar refractivity (Wildman–Crippen MR) is 319 cm³/mol. The molecule has 10 aromatic carbocycles. The van der Waals surface area contributed by atoms with Crippen molar-refractivity contribution in [3.63, 3.8) is 0 Å². The summed E-state index contributed by atoms with van der Waals surface area (Å²) < 4.78 is 44.1. The van der Waals surface area contributed by atoms with Crippen molar-refractivity contribution in [1.82, 2.24) is 23.1 Å². The van der Waals surface area contributed by atoms with Gasteiger partial charge in [0.05, 0.1) is 16.6 Å².